The fourth-order valence-corrected chi connectivity index (χ4v) is 3.51. The molecular formula is C19H19BrF4N4O2. The second kappa shape index (κ2) is 9.59. The highest BCUT2D eigenvalue weighted by molar-refractivity contribution is 9.10. The predicted octanol–water partition coefficient (Wildman–Crippen LogP) is 5.81. The van der Waals surface area contributed by atoms with Crippen LogP contribution in [0.15, 0.2) is 28.9 Å². The van der Waals surface area contributed by atoms with Crippen molar-refractivity contribution in [3.8, 4) is 5.75 Å². The molecule has 0 bridgehead atoms. The first-order valence-corrected chi connectivity index (χ1v) is 10.1. The predicted molar refractivity (Wildman–Crippen MR) is 105 cm³/mol. The number of hydrogen-bond acceptors (Lipinski definition) is 5. The highest BCUT2D eigenvalue weighted by Gasteiger charge is 2.38. The number of alkyl halides is 3. The van der Waals surface area contributed by atoms with Gasteiger partial charge in [0.1, 0.15) is 5.82 Å². The SMILES string of the molecule is O=C(NCC1CCCCC1)Oc1cnc(Nc2ccc(Br)cc2F)nc1C(F)(F)F. The Kier molecular flexibility index (Phi) is 7.11. The summed E-state index contributed by atoms with van der Waals surface area (Å²) < 4.78 is 59.4. The quantitative estimate of drug-likeness (QED) is 0.517. The summed E-state index contributed by atoms with van der Waals surface area (Å²) in [7, 11) is 0. The zero-order valence-corrected chi connectivity index (χ0v) is 17.3. The fraction of sp³-hybridized carbons (Fsp3) is 0.421. The monoisotopic (exact) mass is 490 g/mol. The molecule has 1 aromatic heterocycles. The third-order valence-corrected chi connectivity index (χ3v) is 5.16. The molecule has 2 aromatic rings. The number of benzene rings is 1. The molecule has 1 aliphatic rings. The van der Waals surface area contributed by atoms with Crippen molar-refractivity contribution in [1.29, 1.82) is 0 Å². The number of nitrogens with zero attached hydrogens (tertiary/aromatic N) is 2. The number of anilines is 2. The van der Waals surface area contributed by atoms with E-state index in [-0.39, 0.29) is 11.6 Å². The Morgan fingerprint density at radius 3 is 2.63 bits per heavy atom. The number of nitrogens with one attached hydrogen (secondary N) is 2. The molecule has 30 heavy (non-hydrogen) atoms. The molecule has 6 nitrogen and oxygen atoms in total. The molecule has 0 aliphatic heterocycles. The van der Waals surface area contributed by atoms with Gasteiger partial charge in [-0.1, -0.05) is 35.2 Å². The van der Waals surface area contributed by atoms with E-state index in [1.165, 1.54) is 12.1 Å². The first-order valence-electron chi connectivity index (χ1n) is 9.34. The fourth-order valence-electron chi connectivity index (χ4n) is 3.17. The number of amides is 1. The molecule has 1 amide bonds. The smallest absolute Gasteiger partial charge is 0.406 e. The lowest BCUT2D eigenvalue weighted by Gasteiger charge is -2.21. The molecule has 1 heterocycles. The number of halogens is 5. The van der Waals surface area contributed by atoms with Crippen molar-refractivity contribution >= 4 is 33.7 Å². The Balaban J connectivity index is 1.71. The summed E-state index contributed by atoms with van der Waals surface area (Å²) in [4.78, 5) is 19.0. The molecule has 162 valence electrons. The van der Waals surface area contributed by atoms with Gasteiger partial charge in [0, 0.05) is 11.0 Å². The second-order valence-electron chi connectivity index (χ2n) is 6.93. The van der Waals surface area contributed by atoms with Gasteiger partial charge in [0.25, 0.3) is 0 Å². The van der Waals surface area contributed by atoms with Crippen molar-refractivity contribution in [2.45, 2.75) is 38.3 Å². The van der Waals surface area contributed by atoms with Crippen molar-refractivity contribution < 1.29 is 27.1 Å². The third kappa shape index (κ3) is 6.04. The number of hydrogen-bond donors (Lipinski definition) is 2. The van der Waals surface area contributed by atoms with Gasteiger partial charge in [-0.05, 0) is 37.0 Å². The molecule has 0 saturated heterocycles. The molecule has 1 saturated carbocycles. The Morgan fingerprint density at radius 1 is 1.23 bits per heavy atom. The van der Waals surface area contributed by atoms with E-state index in [1.807, 2.05) is 0 Å². The van der Waals surface area contributed by atoms with Crippen molar-refractivity contribution in [3.63, 3.8) is 0 Å². The number of rotatable bonds is 5. The van der Waals surface area contributed by atoms with Crippen LogP contribution in [0.1, 0.15) is 37.8 Å². The average Bonchev–Trinajstić information content (AvgIpc) is 2.69. The molecular weight excluding hydrogens is 472 g/mol. The average molecular weight is 491 g/mol. The minimum absolute atomic E-state index is 0.106. The van der Waals surface area contributed by atoms with Gasteiger partial charge in [-0.25, -0.2) is 19.2 Å². The van der Waals surface area contributed by atoms with Gasteiger partial charge < -0.3 is 15.4 Å². The van der Waals surface area contributed by atoms with E-state index in [0.29, 0.717) is 11.0 Å². The van der Waals surface area contributed by atoms with Crippen LogP contribution in [0.25, 0.3) is 0 Å². The minimum Gasteiger partial charge on any atom is -0.406 e. The topological polar surface area (TPSA) is 76.1 Å². The first-order chi connectivity index (χ1) is 14.2. The van der Waals surface area contributed by atoms with Crippen molar-refractivity contribution in [2.75, 3.05) is 11.9 Å². The Labute approximate surface area is 178 Å². The maximum Gasteiger partial charge on any atom is 0.437 e. The van der Waals surface area contributed by atoms with Crippen LogP contribution in [-0.2, 0) is 6.18 Å². The molecule has 1 aliphatic carbocycles. The molecule has 0 atom stereocenters. The van der Waals surface area contributed by atoms with E-state index < -0.39 is 35.5 Å². The summed E-state index contributed by atoms with van der Waals surface area (Å²) in [5.74, 6) is -1.73. The highest BCUT2D eigenvalue weighted by Crippen LogP contribution is 2.35. The zero-order valence-electron chi connectivity index (χ0n) is 15.7. The zero-order chi connectivity index (χ0) is 21.7. The molecule has 1 fully saturated rings. The highest BCUT2D eigenvalue weighted by atomic mass is 79.9. The number of carbonyl (C=O) groups is 1. The van der Waals surface area contributed by atoms with E-state index in [2.05, 4.69) is 36.5 Å². The van der Waals surface area contributed by atoms with Crippen molar-refractivity contribution in [3.05, 3.63) is 40.4 Å². The van der Waals surface area contributed by atoms with Crippen molar-refractivity contribution in [1.82, 2.24) is 15.3 Å². The maximum atomic E-state index is 13.9. The summed E-state index contributed by atoms with van der Waals surface area (Å²) in [6.07, 6.45) is 0.0360. The molecule has 3 rings (SSSR count). The lowest BCUT2D eigenvalue weighted by Crippen LogP contribution is -2.33. The van der Waals surface area contributed by atoms with Gasteiger partial charge in [-0.15, -0.1) is 0 Å². The standard InChI is InChI=1S/C19H19BrF4N4O2/c20-12-6-7-14(13(21)8-12)27-17-25-10-15(16(28-17)19(22,23)24)30-18(29)26-9-11-4-2-1-3-5-11/h6-8,10-11H,1-5,9H2,(H,26,29)(H,25,27,28). The summed E-state index contributed by atoms with van der Waals surface area (Å²) in [6.45, 7) is 0.337. The van der Waals surface area contributed by atoms with Crippen LogP contribution in [0, 0.1) is 11.7 Å². The van der Waals surface area contributed by atoms with Crippen LogP contribution < -0.4 is 15.4 Å². The molecule has 0 spiro atoms. The van der Waals surface area contributed by atoms with Crippen LogP contribution in [0.2, 0.25) is 0 Å². The molecule has 11 heteroatoms. The van der Waals surface area contributed by atoms with E-state index in [0.717, 1.165) is 44.4 Å². The van der Waals surface area contributed by atoms with Crippen molar-refractivity contribution in [2.24, 2.45) is 5.92 Å². The lowest BCUT2D eigenvalue weighted by atomic mass is 9.89. The van der Waals surface area contributed by atoms with Crippen LogP contribution in [-0.4, -0.2) is 22.6 Å². The Hall–Kier alpha value is -2.43. The lowest BCUT2D eigenvalue weighted by molar-refractivity contribution is -0.142. The van der Waals surface area contributed by atoms with Crippen LogP contribution in [0.3, 0.4) is 0 Å². The first kappa shape index (κ1) is 22.3. The summed E-state index contributed by atoms with van der Waals surface area (Å²) in [5, 5.41) is 4.88. The van der Waals surface area contributed by atoms with Crippen LogP contribution in [0.5, 0.6) is 5.75 Å². The van der Waals surface area contributed by atoms with E-state index in [1.54, 1.807) is 0 Å². The molecule has 2 N–H and O–H groups in total. The third-order valence-electron chi connectivity index (χ3n) is 4.66. The maximum absolute atomic E-state index is 13.9. The van der Waals surface area contributed by atoms with Gasteiger partial charge >= 0.3 is 12.3 Å². The molecule has 0 unspecified atom stereocenters. The summed E-state index contributed by atoms with van der Waals surface area (Å²) in [5.41, 5.74) is -1.55. The minimum atomic E-state index is -4.91. The normalized spacial score (nSPS) is 15.0. The Morgan fingerprint density at radius 2 is 1.97 bits per heavy atom. The van der Waals surface area contributed by atoms with E-state index in [9.17, 15) is 22.4 Å². The van der Waals surface area contributed by atoms with Gasteiger partial charge in [-0.3, -0.25) is 0 Å². The summed E-state index contributed by atoms with van der Waals surface area (Å²) in [6, 6.07) is 3.96. The van der Waals surface area contributed by atoms with E-state index in [4.69, 9.17) is 4.74 Å². The van der Waals surface area contributed by atoms with Gasteiger partial charge in [-0.2, -0.15) is 13.2 Å². The van der Waals surface area contributed by atoms with Crippen LogP contribution in [0.4, 0.5) is 34.0 Å². The second-order valence-corrected chi connectivity index (χ2v) is 7.84. The van der Waals surface area contributed by atoms with E-state index >= 15 is 0 Å². The van der Waals surface area contributed by atoms with Gasteiger partial charge in [0.2, 0.25) is 5.95 Å². The largest absolute Gasteiger partial charge is 0.437 e. The van der Waals surface area contributed by atoms with Gasteiger partial charge in [0.05, 0.1) is 11.9 Å². The molecule has 1 aromatic carbocycles. The molecule has 0 radical (unpaired) electrons. The van der Waals surface area contributed by atoms with Crippen LogP contribution >= 0.6 is 15.9 Å². The summed E-state index contributed by atoms with van der Waals surface area (Å²) >= 11 is 3.09. The van der Waals surface area contributed by atoms with Gasteiger partial charge in [0.15, 0.2) is 11.4 Å². The number of carbonyl (C=O) groups excluding carboxylic acids is 1. The number of aromatic nitrogens is 2. The number of ether oxygens (including phenoxy) is 1. The Bertz CT molecular complexity index is 905.